The number of hydrogen-bond donors (Lipinski definition) is 1. The van der Waals surface area contributed by atoms with E-state index in [1.54, 1.807) is 0 Å². The van der Waals surface area contributed by atoms with Gasteiger partial charge < -0.3 is 10.1 Å². The molecule has 2 aliphatic heterocycles. The fraction of sp³-hybridized carbons (Fsp3) is 0.889. The topological polar surface area (TPSA) is 41.6 Å². The van der Waals surface area contributed by atoms with Gasteiger partial charge >= 0.3 is 5.97 Å². The molecule has 1 unspecified atom stereocenters. The van der Waals surface area contributed by atoms with Crippen LogP contribution >= 0.6 is 0 Å². The monoisotopic (exact) mass is 184 g/mol. The quantitative estimate of drug-likeness (QED) is 0.606. The lowest BCUT2D eigenvalue weighted by Crippen LogP contribution is -2.60. The number of rotatable bonds is 3. The lowest BCUT2D eigenvalue weighted by Gasteiger charge is -2.39. The summed E-state index contributed by atoms with van der Waals surface area (Å²) in [6.07, 6.45) is 0.864. The summed E-state index contributed by atoms with van der Waals surface area (Å²) >= 11 is 0. The van der Waals surface area contributed by atoms with Gasteiger partial charge in [-0.2, -0.15) is 0 Å². The predicted octanol–water partition coefficient (Wildman–Crippen LogP) is -0.404. The normalized spacial score (nSPS) is 29.1. The number of hydrogen-bond acceptors (Lipinski definition) is 4. The molecule has 1 atom stereocenters. The summed E-state index contributed by atoms with van der Waals surface area (Å²) in [6, 6.07) is 0.567. The predicted molar refractivity (Wildman–Crippen MR) is 48.4 cm³/mol. The molecule has 74 valence electrons. The van der Waals surface area contributed by atoms with Crippen LogP contribution in [0.2, 0.25) is 0 Å². The van der Waals surface area contributed by atoms with Gasteiger partial charge in [0.2, 0.25) is 0 Å². The van der Waals surface area contributed by atoms with Crippen LogP contribution in [0.4, 0.5) is 0 Å². The minimum absolute atomic E-state index is 0.0251. The van der Waals surface area contributed by atoms with Crippen molar-refractivity contribution < 1.29 is 9.53 Å². The molecule has 0 aromatic rings. The Morgan fingerprint density at radius 1 is 1.62 bits per heavy atom. The maximum absolute atomic E-state index is 11.3. The van der Waals surface area contributed by atoms with Gasteiger partial charge in [-0.1, -0.05) is 6.92 Å². The molecule has 0 aromatic heterocycles. The Bertz CT molecular complexity index is 204. The molecular formula is C9H16N2O2. The molecule has 4 nitrogen and oxygen atoms in total. The highest BCUT2D eigenvalue weighted by atomic mass is 16.5. The molecule has 0 radical (unpaired) electrons. The SMILES string of the molecule is CCN(C1CNC1)C1CCOC1=O. The molecule has 2 saturated heterocycles. The molecule has 2 fully saturated rings. The zero-order chi connectivity index (χ0) is 9.26. The van der Waals surface area contributed by atoms with Crippen LogP contribution in [0.5, 0.6) is 0 Å². The maximum atomic E-state index is 11.3. The fourth-order valence-corrected chi connectivity index (χ4v) is 2.03. The summed E-state index contributed by atoms with van der Waals surface area (Å²) in [4.78, 5) is 13.6. The van der Waals surface area contributed by atoms with Crippen LogP contribution < -0.4 is 5.32 Å². The van der Waals surface area contributed by atoms with Crippen LogP contribution in [0.3, 0.4) is 0 Å². The summed E-state index contributed by atoms with van der Waals surface area (Å²) in [7, 11) is 0. The molecular weight excluding hydrogens is 168 g/mol. The zero-order valence-electron chi connectivity index (χ0n) is 7.95. The minimum Gasteiger partial charge on any atom is -0.464 e. The van der Waals surface area contributed by atoms with Gasteiger partial charge in [0, 0.05) is 25.6 Å². The van der Waals surface area contributed by atoms with Crippen molar-refractivity contribution in [3.63, 3.8) is 0 Å². The highest BCUT2D eigenvalue weighted by Crippen LogP contribution is 2.18. The lowest BCUT2D eigenvalue weighted by molar-refractivity contribution is -0.143. The molecule has 0 aliphatic carbocycles. The minimum atomic E-state index is -0.0336. The lowest BCUT2D eigenvalue weighted by atomic mass is 10.1. The van der Waals surface area contributed by atoms with E-state index in [0.29, 0.717) is 12.6 Å². The molecule has 4 heteroatoms. The first-order valence-corrected chi connectivity index (χ1v) is 4.96. The van der Waals surface area contributed by atoms with Crippen molar-refractivity contribution in [2.75, 3.05) is 26.2 Å². The van der Waals surface area contributed by atoms with Gasteiger partial charge in [0.1, 0.15) is 6.04 Å². The number of nitrogens with zero attached hydrogens (tertiary/aromatic N) is 1. The molecule has 0 bridgehead atoms. The van der Waals surface area contributed by atoms with Crippen molar-refractivity contribution in [2.45, 2.75) is 25.4 Å². The van der Waals surface area contributed by atoms with E-state index >= 15 is 0 Å². The highest BCUT2D eigenvalue weighted by Gasteiger charge is 2.37. The summed E-state index contributed by atoms with van der Waals surface area (Å²) in [5.74, 6) is -0.0336. The molecule has 13 heavy (non-hydrogen) atoms. The van der Waals surface area contributed by atoms with E-state index in [2.05, 4.69) is 17.1 Å². The van der Waals surface area contributed by atoms with Crippen LogP contribution in [0.25, 0.3) is 0 Å². The number of cyclic esters (lactones) is 1. The van der Waals surface area contributed by atoms with Crippen LogP contribution in [0.15, 0.2) is 0 Å². The standard InChI is InChI=1S/C9H16N2O2/c1-2-11(7-5-10-6-7)8-3-4-13-9(8)12/h7-8,10H,2-6H2,1H3. The van der Waals surface area contributed by atoms with Crippen LogP contribution in [0, 0.1) is 0 Å². The van der Waals surface area contributed by atoms with Crippen molar-refractivity contribution >= 4 is 5.97 Å². The average Bonchev–Trinajstić information content (AvgIpc) is 2.43. The molecule has 0 saturated carbocycles. The number of esters is 1. The van der Waals surface area contributed by atoms with Crippen LogP contribution in [-0.2, 0) is 9.53 Å². The van der Waals surface area contributed by atoms with E-state index in [4.69, 9.17) is 4.74 Å². The molecule has 2 heterocycles. The van der Waals surface area contributed by atoms with E-state index in [9.17, 15) is 4.79 Å². The second-order valence-corrected chi connectivity index (χ2v) is 3.61. The van der Waals surface area contributed by atoms with Crippen LogP contribution in [0.1, 0.15) is 13.3 Å². The summed E-state index contributed by atoms with van der Waals surface area (Å²) in [5.41, 5.74) is 0. The van der Waals surface area contributed by atoms with Gasteiger partial charge in [-0.15, -0.1) is 0 Å². The first-order chi connectivity index (χ1) is 6.33. The molecule has 0 aromatic carbocycles. The number of likely N-dealkylation sites (N-methyl/N-ethyl adjacent to an activating group) is 1. The largest absolute Gasteiger partial charge is 0.464 e. The smallest absolute Gasteiger partial charge is 0.323 e. The molecule has 2 rings (SSSR count). The maximum Gasteiger partial charge on any atom is 0.323 e. The molecule has 0 amide bonds. The third kappa shape index (κ3) is 1.56. The first kappa shape index (κ1) is 8.97. The Morgan fingerprint density at radius 3 is 2.77 bits per heavy atom. The van der Waals surface area contributed by atoms with E-state index in [1.165, 1.54) is 0 Å². The summed E-state index contributed by atoms with van der Waals surface area (Å²) in [5, 5.41) is 3.22. The molecule has 2 aliphatic rings. The van der Waals surface area contributed by atoms with Gasteiger partial charge in [0.25, 0.3) is 0 Å². The number of ether oxygens (including phenoxy) is 1. The highest BCUT2D eigenvalue weighted by molar-refractivity contribution is 5.77. The van der Waals surface area contributed by atoms with E-state index in [-0.39, 0.29) is 12.0 Å². The summed E-state index contributed by atoms with van der Waals surface area (Å²) < 4.78 is 4.97. The van der Waals surface area contributed by atoms with Gasteiger partial charge in [-0.05, 0) is 6.54 Å². The van der Waals surface area contributed by atoms with Crippen molar-refractivity contribution in [3.8, 4) is 0 Å². The summed E-state index contributed by atoms with van der Waals surface area (Å²) in [6.45, 7) is 5.66. The van der Waals surface area contributed by atoms with E-state index in [0.717, 1.165) is 26.1 Å². The Morgan fingerprint density at radius 2 is 2.38 bits per heavy atom. The van der Waals surface area contributed by atoms with Crippen molar-refractivity contribution in [1.29, 1.82) is 0 Å². The van der Waals surface area contributed by atoms with Crippen molar-refractivity contribution in [1.82, 2.24) is 10.2 Å². The van der Waals surface area contributed by atoms with Crippen molar-refractivity contribution in [2.24, 2.45) is 0 Å². The fourth-order valence-electron chi connectivity index (χ4n) is 2.03. The second-order valence-electron chi connectivity index (χ2n) is 3.61. The Labute approximate surface area is 78.2 Å². The van der Waals surface area contributed by atoms with E-state index < -0.39 is 0 Å². The number of carbonyl (C=O) groups is 1. The number of carbonyl (C=O) groups excluding carboxylic acids is 1. The van der Waals surface area contributed by atoms with Crippen molar-refractivity contribution in [3.05, 3.63) is 0 Å². The third-order valence-corrected chi connectivity index (χ3v) is 2.90. The first-order valence-electron chi connectivity index (χ1n) is 4.96. The Balaban J connectivity index is 1.98. The Kier molecular flexibility index (Phi) is 2.51. The van der Waals surface area contributed by atoms with Gasteiger partial charge in [-0.25, -0.2) is 0 Å². The second kappa shape index (κ2) is 3.64. The van der Waals surface area contributed by atoms with Gasteiger partial charge in [0.15, 0.2) is 0 Å². The molecule has 0 spiro atoms. The third-order valence-electron chi connectivity index (χ3n) is 2.90. The average molecular weight is 184 g/mol. The molecule has 1 N–H and O–H groups in total. The Hall–Kier alpha value is -0.610. The number of nitrogens with one attached hydrogen (secondary N) is 1. The van der Waals surface area contributed by atoms with Crippen LogP contribution in [-0.4, -0.2) is 49.2 Å². The van der Waals surface area contributed by atoms with Gasteiger partial charge in [-0.3, -0.25) is 9.69 Å². The van der Waals surface area contributed by atoms with E-state index in [1.807, 2.05) is 0 Å². The zero-order valence-corrected chi connectivity index (χ0v) is 7.95. The van der Waals surface area contributed by atoms with Gasteiger partial charge in [0.05, 0.1) is 6.61 Å².